The average Bonchev–Trinajstić information content (AvgIpc) is 3.06. The zero-order valence-corrected chi connectivity index (χ0v) is 17.2. The number of aromatic nitrogens is 2. The summed E-state index contributed by atoms with van der Waals surface area (Å²) >= 11 is 0. The second kappa shape index (κ2) is 6.83. The molecule has 29 heavy (non-hydrogen) atoms. The van der Waals surface area contributed by atoms with Crippen LogP contribution < -0.4 is 0 Å². The average molecular weight is 396 g/mol. The van der Waals surface area contributed by atoms with Gasteiger partial charge < -0.3 is 18.9 Å². The van der Waals surface area contributed by atoms with Gasteiger partial charge in [0.05, 0.1) is 41.7 Å². The second-order valence-electron chi connectivity index (χ2n) is 8.91. The first-order valence-corrected chi connectivity index (χ1v) is 10.5. The van der Waals surface area contributed by atoms with Crippen LogP contribution in [-0.2, 0) is 9.53 Å². The highest BCUT2D eigenvalue weighted by atomic mass is 16.5. The van der Waals surface area contributed by atoms with Gasteiger partial charge in [0.2, 0.25) is 5.91 Å². The number of fused-ring (bicyclic) bond motifs is 6. The van der Waals surface area contributed by atoms with Gasteiger partial charge in [-0.15, -0.1) is 0 Å². The van der Waals surface area contributed by atoms with Crippen LogP contribution in [0.15, 0.2) is 24.7 Å². The molecule has 5 rings (SSSR count). The van der Waals surface area contributed by atoms with E-state index in [-0.39, 0.29) is 23.8 Å². The minimum atomic E-state index is -0.00615. The molecule has 2 saturated heterocycles. The molecule has 2 aromatic heterocycles. The van der Waals surface area contributed by atoms with Crippen LogP contribution in [0, 0.1) is 24.7 Å². The van der Waals surface area contributed by atoms with Gasteiger partial charge in [-0.05, 0) is 50.2 Å². The minimum absolute atomic E-state index is 0.00615. The fourth-order valence-electron chi connectivity index (χ4n) is 5.29. The summed E-state index contributed by atoms with van der Waals surface area (Å²) in [5.41, 5.74) is 2.54. The maximum absolute atomic E-state index is 12.9. The van der Waals surface area contributed by atoms with Crippen LogP contribution in [0.4, 0.5) is 0 Å². The Hall–Kier alpha value is -2.41. The van der Waals surface area contributed by atoms with Crippen LogP contribution in [0.25, 0.3) is 5.52 Å². The first kappa shape index (κ1) is 18.6. The van der Waals surface area contributed by atoms with Crippen molar-refractivity contribution in [2.75, 3.05) is 27.2 Å². The first-order valence-electron chi connectivity index (χ1n) is 10.5. The van der Waals surface area contributed by atoms with Crippen LogP contribution in [-0.4, -0.2) is 70.4 Å². The number of nitrogens with zero attached hydrogens (tertiary/aromatic N) is 4. The van der Waals surface area contributed by atoms with E-state index in [1.54, 1.807) is 17.4 Å². The van der Waals surface area contributed by atoms with Gasteiger partial charge in [0.15, 0.2) is 0 Å². The molecule has 0 unspecified atom stereocenters. The third kappa shape index (κ3) is 3.03. The summed E-state index contributed by atoms with van der Waals surface area (Å²) in [6, 6.07) is 3.77. The number of ether oxygens (including phenoxy) is 1. The van der Waals surface area contributed by atoms with E-state index in [0.29, 0.717) is 30.7 Å². The molecule has 4 heterocycles. The quantitative estimate of drug-likeness (QED) is 0.749. The lowest BCUT2D eigenvalue weighted by atomic mass is 9.88. The molecular formula is C22H28N4O3. The lowest BCUT2D eigenvalue weighted by Crippen LogP contribution is -2.40. The Morgan fingerprint density at radius 2 is 1.97 bits per heavy atom. The molecule has 7 nitrogen and oxygen atoms in total. The molecule has 7 heteroatoms. The van der Waals surface area contributed by atoms with E-state index >= 15 is 0 Å². The molecule has 2 aliphatic heterocycles. The third-order valence-corrected chi connectivity index (χ3v) is 7.10. The van der Waals surface area contributed by atoms with Crippen molar-refractivity contribution in [3.05, 3.63) is 35.9 Å². The highest BCUT2D eigenvalue weighted by molar-refractivity contribution is 5.95. The van der Waals surface area contributed by atoms with Gasteiger partial charge in [0.1, 0.15) is 0 Å². The molecule has 5 atom stereocenters. The number of rotatable bonds is 6. The molecule has 154 valence electrons. The summed E-state index contributed by atoms with van der Waals surface area (Å²) in [6.45, 7) is 3.19. The summed E-state index contributed by atoms with van der Waals surface area (Å²) in [4.78, 5) is 33.4. The first-order chi connectivity index (χ1) is 14.0. The summed E-state index contributed by atoms with van der Waals surface area (Å²) in [7, 11) is 3.69. The third-order valence-electron chi connectivity index (χ3n) is 7.10. The van der Waals surface area contributed by atoms with Gasteiger partial charge in [-0.25, -0.2) is 4.98 Å². The van der Waals surface area contributed by atoms with Crippen molar-refractivity contribution in [3.63, 3.8) is 0 Å². The summed E-state index contributed by atoms with van der Waals surface area (Å²) in [5, 5.41) is 0. The highest BCUT2D eigenvalue weighted by Gasteiger charge is 2.64. The zero-order valence-electron chi connectivity index (χ0n) is 17.2. The van der Waals surface area contributed by atoms with Crippen LogP contribution in [0.2, 0.25) is 0 Å². The van der Waals surface area contributed by atoms with Crippen LogP contribution in [0.1, 0.15) is 35.3 Å². The molecule has 1 aliphatic carbocycles. The van der Waals surface area contributed by atoms with Gasteiger partial charge >= 0.3 is 0 Å². The van der Waals surface area contributed by atoms with Crippen molar-refractivity contribution < 1.29 is 14.3 Å². The van der Waals surface area contributed by atoms with E-state index in [0.717, 1.165) is 30.0 Å². The van der Waals surface area contributed by atoms with Crippen molar-refractivity contribution in [3.8, 4) is 0 Å². The normalized spacial score (nSPS) is 29.1. The van der Waals surface area contributed by atoms with Gasteiger partial charge in [-0.2, -0.15) is 0 Å². The second-order valence-corrected chi connectivity index (χ2v) is 8.91. The fourth-order valence-corrected chi connectivity index (χ4v) is 5.29. The largest absolute Gasteiger partial charge is 0.374 e. The number of carbonyl (C=O) groups is 2. The maximum atomic E-state index is 12.9. The minimum Gasteiger partial charge on any atom is -0.374 e. The van der Waals surface area contributed by atoms with E-state index in [1.165, 1.54) is 6.42 Å². The molecule has 2 amide bonds. The van der Waals surface area contributed by atoms with E-state index in [1.807, 2.05) is 42.5 Å². The summed E-state index contributed by atoms with van der Waals surface area (Å²) < 4.78 is 7.90. The van der Waals surface area contributed by atoms with Gasteiger partial charge in [0, 0.05) is 32.9 Å². The van der Waals surface area contributed by atoms with Crippen LogP contribution >= 0.6 is 0 Å². The summed E-state index contributed by atoms with van der Waals surface area (Å²) in [6.07, 6.45) is 6.89. The van der Waals surface area contributed by atoms with Gasteiger partial charge in [-0.1, -0.05) is 0 Å². The molecule has 1 saturated carbocycles. The van der Waals surface area contributed by atoms with Crippen LogP contribution in [0.5, 0.6) is 0 Å². The number of carbonyl (C=O) groups excluding carboxylic acids is 2. The number of pyridine rings is 1. The van der Waals surface area contributed by atoms with E-state index in [2.05, 4.69) is 4.98 Å². The molecule has 3 aliphatic rings. The molecule has 0 radical (unpaired) electrons. The van der Waals surface area contributed by atoms with Crippen molar-refractivity contribution in [2.24, 2.45) is 17.8 Å². The van der Waals surface area contributed by atoms with E-state index in [9.17, 15) is 9.59 Å². The Bertz CT molecular complexity index is 970. The predicted octanol–water partition coefficient (Wildman–Crippen LogP) is 1.99. The standard InChI is InChI=1S/C22H28N4O3/c1-13-15(6-5-14-11-23-12-26(13)14)21(27)24(2)7-4-8-25(3)22(28)18-10-19-16-9-17(16)20(18)29-19/h5-6,11-12,16-20H,4,7-10H2,1-3H3/t16-,17+,18-,19+,20+/m1/s1. The zero-order chi connectivity index (χ0) is 20.3. The van der Waals surface area contributed by atoms with Crippen molar-refractivity contribution >= 4 is 17.3 Å². The predicted molar refractivity (Wildman–Crippen MR) is 108 cm³/mol. The summed E-state index contributed by atoms with van der Waals surface area (Å²) in [5.74, 6) is 1.61. The van der Waals surface area contributed by atoms with Crippen molar-refractivity contribution in [2.45, 2.75) is 38.4 Å². The van der Waals surface area contributed by atoms with Crippen LogP contribution in [0.3, 0.4) is 0 Å². The van der Waals surface area contributed by atoms with E-state index < -0.39 is 0 Å². The van der Waals surface area contributed by atoms with Gasteiger partial charge in [0.25, 0.3) is 5.91 Å². The van der Waals surface area contributed by atoms with Crippen molar-refractivity contribution in [1.29, 1.82) is 0 Å². The Morgan fingerprint density at radius 3 is 2.72 bits per heavy atom. The molecule has 3 fully saturated rings. The molecule has 2 aromatic rings. The number of aryl methyl sites for hydroxylation is 1. The fraction of sp³-hybridized carbons (Fsp3) is 0.591. The number of imidazole rings is 1. The maximum Gasteiger partial charge on any atom is 0.255 e. The molecule has 0 aromatic carbocycles. The monoisotopic (exact) mass is 396 g/mol. The Labute approximate surface area is 170 Å². The van der Waals surface area contributed by atoms with E-state index in [4.69, 9.17) is 4.74 Å². The SMILES string of the molecule is Cc1c(C(=O)N(C)CCCN(C)C(=O)[C@@H]2C[C@@H]3O[C@H]2[C@H]2C[C@H]23)ccc2cncn12. The molecule has 0 N–H and O–H groups in total. The molecule has 2 bridgehead atoms. The number of hydrogen-bond acceptors (Lipinski definition) is 4. The van der Waals surface area contributed by atoms with Crippen molar-refractivity contribution in [1.82, 2.24) is 19.2 Å². The Morgan fingerprint density at radius 1 is 1.17 bits per heavy atom. The lowest BCUT2D eigenvalue weighted by molar-refractivity contribution is -0.136. The smallest absolute Gasteiger partial charge is 0.255 e. The number of hydrogen-bond donors (Lipinski definition) is 0. The topological polar surface area (TPSA) is 67.2 Å². The number of amides is 2. The lowest BCUT2D eigenvalue weighted by Gasteiger charge is -2.26. The molecular weight excluding hydrogens is 368 g/mol. The molecule has 0 spiro atoms. The Balaban J connectivity index is 1.14. The Kier molecular flexibility index (Phi) is 4.38. The van der Waals surface area contributed by atoms with Gasteiger partial charge in [-0.3, -0.25) is 9.59 Å². The highest BCUT2D eigenvalue weighted by Crippen LogP contribution is 2.60.